The topological polar surface area (TPSA) is 63.2 Å². The van der Waals surface area contributed by atoms with E-state index in [1.807, 2.05) is 0 Å². The molecule has 0 unspecified atom stereocenters. The molecule has 0 aromatic carbocycles. The van der Waals surface area contributed by atoms with Crippen molar-refractivity contribution < 1.29 is 13.2 Å². The number of carbonyl (C=O) groups excluding carboxylic acids is 1. The van der Waals surface area contributed by atoms with E-state index in [1.54, 1.807) is 6.92 Å². The minimum Gasteiger partial charge on any atom is -0.351 e. The van der Waals surface area contributed by atoms with Crippen LogP contribution in [-0.4, -0.2) is 31.9 Å². The summed E-state index contributed by atoms with van der Waals surface area (Å²) in [5.74, 6) is -0.497. The van der Waals surface area contributed by atoms with E-state index in [4.69, 9.17) is 0 Å². The van der Waals surface area contributed by atoms with Gasteiger partial charge in [0.15, 0.2) is 9.84 Å². The number of nitrogens with one attached hydrogen (secondary N) is 1. The summed E-state index contributed by atoms with van der Waals surface area (Å²) in [6.07, 6.45) is 1.05. The molecule has 0 spiro atoms. The minimum atomic E-state index is -3.39. The Balaban J connectivity index is 4.62. The maximum Gasteiger partial charge on any atom is 0.241 e. The Bertz CT molecular complexity index is 341. The Morgan fingerprint density at radius 3 is 2.14 bits per heavy atom. The van der Waals surface area contributed by atoms with E-state index in [1.165, 1.54) is 13.8 Å². The number of carbonyl (C=O) groups is 1. The van der Waals surface area contributed by atoms with Gasteiger partial charge >= 0.3 is 0 Å². The summed E-state index contributed by atoms with van der Waals surface area (Å²) in [5.41, 5.74) is 0.780. The van der Waals surface area contributed by atoms with Gasteiger partial charge in [-0.15, -0.1) is 0 Å². The third-order valence-electron chi connectivity index (χ3n) is 2.02. The van der Waals surface area contributed by atoms with Gasteiger partial charge in [-0.1, -0.05) is 12.2 Å². The van der Waals surface area contributed by atoms with Crippen molar-refractivity contribution in [3.05, 3.63) is 12.2 Å². The van der Waals surface area contributed by atoms with Crippen LogP contribution in [0.25, 0.3) is 0 Å². The first kappa shape index (κ1) is 13.2. The van der Waals surface area contributed by atoms with Gasteiger partial charge in [-0.05, 0) is 20.8 Å². The molecule has 82 valence electrons. The fourth-order valence-electron chi connectivity index (χ4n) is 0.612. The normalized spacial score (nSPS) is 12.3. The molecule has 0 fully saturated rings. The number of hydrogen-bond donors (Lipinski definition) is 1. The van der Waals surface area contributed by atoms with Crippen LogP contribution in [0.1, 0.15) is 20.8 Å². The molecule has 1 N–H and O–H groups in total. The van der Waals surface area contributed by atoms with Crippen LogP contribution in [0.5, 0.6) is 0 Å². The summed E-state index contributed by atoms with van der Waals surface area (Å²) in [6, 6.07) is 0. The van der Waals surface area contributed by atoms with E-state index >= 15 is 0 Å². The summed E-state index contributed by atoms with van der Waals surface area (Å²) in [4.78, 5) is 11.5. The lowest BCUT2D eigenvalue weighted by atomic mass is 10.2. The molecule has 0 radical (unpaired) electrons. The molecule has 0 rings (SSSR count). The van der Waals surface area contributed by atoms with Gasteiger partial charge in [-0.3, -0.25) is 4.79 Å². The highest BCUT2D eigenvalue weighted by atomic mass is 32.2. The highest BCUT2D eigenvalue weighted by Crippen LogP contribution is 2.14. The Labute approximate surface area is 85.3 Å². The van der Waals surface area contributed by atoms with Crippen molar-refractivity contribution in [1.29, 1.82) is 0 Å². The van der Waals surface area contributed by atoms with Crippen LogP contribution in [-0.2, 0) is 14.6 Å². The first-order chi connectivity index (χ1) is 6.09. The Hall–Kier alpha value is -0.840. The lowest BCUT2D eigenvalue weighted by Gasteiger charge is -2.21. The van der Waals surface area contributed by atoms with Crippen LogP contribution in [0, 0.1) is 0 Å². The molecule has 0 saturated carbocycles. The zero-order valence-electron chi connectivity index (χ0n) is 9.05. The number of amides is 1. The zero-order valence-corrected chi connectivity index (χ0v) is 9.86. The fraction of sp³-hybridized carbons (Fsp3) is 0.667. The van der Waals surface area contributed by atoms with Gasteiger partial charge in [0.05, 0.1) is 0 Å². The van der Waals surface area contributed by atoms with E-state index in [9.17, 15) is 13.2 Å². The smallest absolute Gasteiger partial charge is 0.241 e. The fourth-order valence-corrected chi connectivity index (χ4v) is 1.02. The zero-order chi connectivity index (χ0) is 11.6. The van der Waals surface area contributed by atoms with Crippen molar-refractivity contribution in [2.45, 2.75) is 25.5 Å². The van der Waals surface area contributed by atoms with E-state index in [0.29, 0.717) is 6.54 Å². The van der Waals surface area contributed by atoms with E-state index in [2.05, 4.69) is 11.9 Å². The molecule has 4 nitrogen and oxygen atoms in total. The molecule has 0 bridgehead atoms. The highest BCUT2D eigenvalue weighted by molar-refractivity contribution is 7.92. The molecule has 1 amide bonds. The summed E-state index contributed by atoms with van der Waals surface area (Å²) >= 11 is 0. The number of hydrogen-bond acceptors (Lipinski definition) is 3. The molecule has 0 aromatic rings. The summed E-state index contributed by atoms with van der Waals surface area (Å²) in [5, 5.41) is 2.51. The van der Waals surface area contributed by atoms with Crippen LogP contribution in [0.2, 0.25) is 0 Å². The molecule has 14 heavy (non-hydrogen) atoms. The van der Waals surface area contributed by atoms with E-state index in [-0.39, 0.29) is 0 Å². The van der Waals surface area contributed by atoms with E-state index < -0.39 is 20.5 Å². The predicted octanol–water partition coefficient (Wildman–Crippen LogP) is 0.502. The third-order valence-corrected chi connectivity index (χ3v) is 4.06. The van der Waals surface area contributed by atoms with Crippen molar-refractivity contribution in [1.82, 2.24) is 5.32 Å². The molecular formula is C9H17NO3S. The average molecular weight is 219 g/mol. The van der Waals surface area contributed by atoms with E-state index in [0.717, 1.165) is 11.8 Å². The molecule has 0 atom stereocenters. The SMILES string of the molecule is C=C(C)CNC(=O)C(C)(C)S(C)(=O)=O. The van der Waals surface area contributed by atoms with Crippen LogP contribution in [0.3, 0.4) is 0 Å². The second kappa shape index (κ2) is 4.13. The van der Waals surface area contributed by atoms with Gasteiger partial charge in [0.2, 0.25) is 5.91 Å². The lowest BCUT2D eigenvalue weighted by Crippen LogP contribution is -2.47. The third kappa shape index (κ3) is 3.14. The molecule has 0 aliphatic rings. The molecule has 0 saturated heterocycles. The predicted molar refractivity (Wildman–Crippen MR) is 56.7 cm³/mol. The van der Waals surface area contributed by atoms with Gasteiger partial charge < -0.3 is 5.32 Å². The second-order valence-electron chi connectivity index (χ2n) is 3.92. The first-order valence-electron chi connectivity index (χ1n) is 4.21. The van der Waals surface area contributed by atoms with Crippen molar-refractivity contribution in [3.8, 4) is 0 Å². The standard InChI is InChI=1S/C9H17NO3S/c1-7(2)6-10-8(11)9(3,4)14(5,12)13/h1,6H2,2-5H3,(H,10,11). The molecular weight excluding hydrogens is 202 g/mol. The summed E-state index contributed by atoms with van der Waals surface area (Å²) < 4.78 is 21.1. The Kier molecular flexibility index (Phi) is 3.88. The summed E-state index contributed by atoms with van der Waals surface area (Å²) in [6.45, 7) is 8.44. The quantitative estimate of drug-likeness (QED) is 0.700. The second-order valence-corrected chi connectivity index (χ2v) is 6.49. The van der Waals surface area contributed by atoms with Gasteiger partial charge in [-0.25, -0.2) is 8.42 Å². The molecule has 0 aromatic heterocycles. The maximum atomic E-state index is 11.5. The molecule has 0 aliphatic carbocycles. The van der Waals surface area contributed by atoms with Crippen molar-refractivity contribution in [3.63, 3.8) is 0 Å². The number of rotatable bonds is 4. The molecule has 5 heteroatoms. The van der Waals surface area contributed by atoms with Crippen molar-refractivity contribution in [2.75, 3.05) is 12.8 Å². The van der Waals surface area contributed by atoms with Gasteiger partial charge in [0.25, 0.3) is 0 Å². The van der Waals surface area contributed by atoms with Crippen LogP contribution in [0.15, 0.2) is 12.2 Å². The number of sulfone groups is 1. The maximum absolute atomic E-state index is 11.5. The summed E-state index contributed by atoms with van der Waals surface area (Å²) in [7, 11) is -3.39. The van der Waals surface area contributed by atoms with Crippen molar-refractivity contribution in [2.24, 2.45) is 0 Å². The molecule has 0 heterocycles. The van der Waals surface area contributed by atoms with Gasteiger partial charge in [0.1, 0.15) is 4.75 Å². The lowest BCUT2D eigenvalue weighted by molar-refractivity contribution is -0.122. The van der Waals surface area contributed by atoms with Crippen molar-refractivity contribution >= 4 is 15.7 Å². The minimum absolute atomic E-state index is 0.303. The monoisotopic (exact) mass is 219 g/mol. The van der Waals surface area contributed by atoms with Gasteiger partial charge in [-0.2, -0.15) is 0 Å². The van der Waals surface area contributed by atoms with Gasteiger partial charge in [0, 0.05) is 12.8 Å². The highest BCUT2D eigenvalue weighted by Gasteiger charge is 2.37. The Morgan fingerprint density at radius 2 is 1.86 bits per heavy atom. The Morgan fingerprint density at radius 1 is 1.43 bits per heavy atom. The largest absolute Gasteiger partial charge is 0.351 e. The average Bonchev–Trinajstić information content (AvgIpc) is 1.97. The van der Waals surface area contributed by atoms with Crippen LogP contribution in [0.4, 0.5) is 0 Å². The van der Waals surface area contributed by atoms with Crippen LogP contribution >= 0.6 is 0 Å². The molecule has 0 aliphatic heterocycles. The van der Waals surface area contributed by atoms with Crippen LogP contribution < -0.4 is 5.32 Å². The first-order valence-corrected chi connectivity index (χ1v) is 6.10.